The quantitative estimate of drug-likeness (QED) is 0.445. The predicted molar refractivity (Wildman–Crippen MR) is 78.3 cm³/mol. The van der Waals surface area contributed by atoms with Gasteiger partial charge in [0, 0.05) is 18.3 Å². The number of fused-ring (bicyclic) bond motifs is 1. The Labute approximate surface area is 133 Å². The van der Waals surface area contributed by atoms with Crippen molar-refractivity contribution in [1.82, 2.24) is 9.55 Å². The second-order valence-electron chi connectivity index (χ2n) is 4.69. The Morgan fingerprint density at radius 2 is 2.37 bits per heavy atom. The maximum atomic E-state index is 5.20. The minimum Gasteiger partial charge on any atom is -0.787 e. The fourth-order valence-corrected chi connectivity index (χ4v) is 2.93. The fraction of sp³-hybridized carbons (Fsp3) is 0.400. The molecule has 96 valence electrons. The second kappa shape index (κ2) is 7.24. The summed E-state index contributed by atoms with van der Waals surface area (Å²) in [6, 6.07) is 0.363. The molecule has 2 nitrogen and oxygen atoms in total. The van der Waals surface area contributed by atoms with E-state index >= 15 is 0 Å². The van der Waals surface area contributed by atoms with Crippen LogP contribution in [0.5, 0.6) is 0 Å². The Morgan fingerprint density at radius 1 is 1.63 bits per heavy atom. The SMILES string of the molecule is C=C/C=C\C(=C/C)C1C(C)Cc2ncc(C[S-])n21.[Li+]. The summed E-state index contributed by atoms with van der Waals surface area (Å²) in [4.78, 5) is 4.49. The molecule has 2 rings (SSSR count). The van der Waals surface area contributed by atoms with E-state index in [4.69, 9.17) is 12.6 Å². The summed E-state index contributed by atoms with van der Waals surface area (Å²) >= 11 is 5.20. The Morgan fingerprint density at radius 3 is 2.95 bits per heavy atom. The molecule has 0 radical (unpaired) electrons. The Balaban J connectivity index is 0.00000180. The Bertz CT molecular complexity index is 502. The van der Waals surface area contributed by atoms with Crippen molar-refractivity contribution in [2.24, 2.45) is 5.92 Å². The Kier molecular flexibility index (Phi) is 6.26. The summed E-state index contributed by atoms with van der Waals surface area (Å²) in [7, 11) is 0. The van der Waals surface area contributed by atoms with Crippen LogP contribution in [0.1, 0.15) is 31.4 Å². The van der Waals surface area contributed by atoms with E-state index < -0.39 is 0 Å². The van der Waals surface area contributed by atoms with Crippen LogP contribution in [-0.2, 0) is 24.8 Å². The first-order valence-corrected chi connectivity index (χ1v) is 6.89. The van der Waals surface area contributed by atoms with E-state index in [1.54, 1.807) is 0 Å². The third-order valence-electron chi connectivity index (χ3n) is 3.52. The molecule has 1 aromatic rings. The Hall–Kier alpha value is -0.623. The molecular formula is C15H19LiN2S. The van der Waals surface area contributed by atoms with Crippen LogP contribution in [0.25, 0.3) is 0 Å². The maximum absolute atomic E-state index is 5.20. The van der Waals surface area contributed by atoms with Crippen molar-refractivity contribution in [3.63, 3.8) is 0 Å². The molecule has 2 unspecified atom stereocenters. The number of hydrogen-bond donors (Lipinski definition) is 0. The predicted octanol–water partition coefficient (Wildman–Crippen LogP) is 0.356. The zero-order valence-electron chi connectivity index (χ0n) is 12.0. The van der Waals surface area contributed by atoms with E-state index in [0.29, 0.717) is 17.7 Å². The van der Waals surface area contributed by atoms with E-state index in [-0.39, 0.29) is 18.9 Å². The smallest absolute Gasteiger partial charge is 0.787 e. The van der Waals surface area contributed by atoms with Crippen molar-refractivity contribution in [3.05, 3.63) is 54.2 Å². The van der Waals surface area contributed by atoms with Crippen molar-refractivity contribution >= 4 is 12.6 Å². The molecule has 0 saturated carbocycles. The second-order valence-corrected chi connectivity index (χ2v) is 4.98. The minimum absolute atomic E-state index is 0. The average Bonchev–Trinajstić information content (AvgIpc) is 2.89. The molecule has 0 bridgehead atoms. The number of allylic oxidation sites excluding steroid dienone is 5. The molecule has 0 aromatic carbocycles. The van der Waals surface area contributed by atoms with Crippen LogP contribution in [0.3, 0.4) is 0 Å². The van der Waals surface area contributed by atoms with Crippen molar-refractivity contribution in [2.45, 2.75) is 32.1 Å². The van der Waals surface area contributed by atoms with Crippen LogP contribution in [0.2, 0.25) is 0 Å². The molecule has 4 heteroatoms. The van der Waals surface area contributed by atoms with Gasteiger partial charge in [0.05, 0.1) is 6.04 Å². The number of nitrogens with zero attached hydrogens (tertiary/aromatic N) is 2. The van der Waals surface area contributed by atoms with E-state index in [9.17, 15) is 0 Å². The third-order valence-corrected chi connectivity index (χ3v) is 3.82. The van der Waals surface area contributed by atoms with Gasteiger partial charge in [0.25, 0.3) is 0 Å². The monoisotopic (exact) mass is 266 g/mol. The molecule has 0 aliphatic carbocycles. The van der Waals surface area contributed by atoms with Gasteiger partial charge in [-0.15, -0.1) is 5.75 Å². The van der Waals surface area contributed by atoms with Gasteiger partial charge in [0.1, 0.15) is 5.82 Å². The van der Waals surface area contributed by atoms with Crippen LogP contribution in [0.4, 0.5) is 0 Å². The molecule has 0 fully saturated rings. The third kappa shape index (κ3) is 3.11. The summed E-state index contributed by atoms with van der Waals surface area (Å²) in [5.41, 5.74) is 2.46. The number of imidazole rings is 1. The first-order valence-electron chi connectivity index (χ1n) is 6.31. The standard InChI is InChI=1S/C15H20N2S.Li/c1-4-6-7-12(5-2)15-11(3)8-14-16-9-13(10-18)17(14)15;/h4-7,9,11,15,18H,1,8,10H2,2-3H3;/q;+1/p-1/b7-6-,12-5+;. The zero-order valence-corrected chi connectivity index (χ0v) is 12.8. The topological polar surface area (TPSA) is 17.8 Å². The van der Waals surface area contributed by atoms with Crippen molar-refractivity contribution in [1.29, 1.82) is 0 Å². The maximum Gasteiger partial charge on any atom is 1.00 e. The minimum atomic E-state index is 0. The first-order chi connectivity index (χ1) is 8.72. The van der Waals surface area contributed by atoms with E-state index in [2.05, 4.69) is 42.1 Å². The summed E-state index contributed by atoms with van der Waals surface area (Å²) in [6.45, 7) is 8.09. The number of hydrogen-bond acceptors (Lipinski definition) is 2. The van der Waals surface area contributed by atoms with Gasteiger partial charge in [0.2, 0.25) is 0 Å². The molecule has 0 saturated heterocycles. The summed E-state index contributed by atoms with van der Waals surface area (Å²) in [6.07, 6.45) is 11.1. The molecule has 0 spiro atoms. The molecule has 2 atom stereocenters. The molecule has 1 aliphatic rings. The molecule has 2 heterocycles. The van der Waals surface area contributed by atoms with E-state index in [1.165, 1.54) is 11.4 Å². The summed E-state index contributed by atoms with van der Waals surface area (Å²) in [5.74, 6) is 2.35. The molecule has 0 amide bonds. The average molecular weight is 266 g/mol. The molecular weight excluding hydrogens is 247 g/mol. The fourth-order valence-electron chi connectivity index (χ4n) is 2.71. The van der Waals surface area contributed by atoms with Gasteiger partial charge in [-0.05, 0) is 18.4 Å². The van der Waals surface area contributed by atoms with Gasteiger partial charge in [-0.2, -0.15) is 0 Å². The zero-order chi connectivity index (χ0) is 13.1. The van der Waals surface area contributed by atoms with Gasteiger partial charge >= 0.3 is 18.9 Å². The van der Waals surface area contributed by atoms with Crippen LogP contribution < -0.4 is 18.9 Å². The van der Waals surface area contributed by atoms with Crippen molar-refractivity contribution in [3.8, 4) is 0 Å². The van der Waals surface area contributed by atoms with Crippen LogP contribution >= 0.6 is 0 Å². The summed E-state index contributed by atoms with van der Waals surface area (Å²) in [5, 5.41) is 0. The molecule has 19 heavy (non-hydrogen) atoms. The molecule has 1 aliphatic heterocycles. The first kappa shape index (κ1) is 16.4. The van der Waals surface area contributed by atoms with Gasteiger partial charge in [0.15, 0.2) is 0 Å². The van der Waals surface area contributed by atoms with Gasteiger partial charge < -0.3 is 17.2 Å². The van der Waals surface area contributed by atoms with Crippen LogP contribution in [0.15, 0.2) is 42.7 Å². The van der Waals surface area contributed by atoms with Gasteiger partial charge in [-0.1, -0.05) is 37.8 Å². The number of aromatic nitrogens is 2. The van der Waals surface area contributed by atoms with E-state index in [0.717, 1.165) is 12.1 Å². The van der Waals surface area contributed by atoms with Crippen molar-refractivity contribution < 1.29 is 18.9 Å². The largest absolute Gasteiger partial charge is 1.00 e. The molecule has 0 N–H and O–H groups in total. The van der Waals surface area contributed by atoms with Crippen molar-refractivity contribution in [2.75, 3.05) is 0 Å². The van der Waals surface area contributed by atoms with Crippen LogP contribution in [0, 0.1) is 5.92 Å². The normalized spacial score (nSPS) is 22.4. The van der Waals surface area contributed by atoms with Crippen LogP contribution in [-0.4, -0.2) is 9.55 Å². The number of rotatable bonds is 4. The molecule has 1 aromatic heterocycles. The summed E-state index contributed by atoms with van der Waals surface area (Å²) < 4.78 is 2.32. The van der Waals surface area contributed by atoms with Gasteiger partial charge in [-0.25, -0.2) is 4.98 Å². The van der Waals surface area contributed by atoms with Gasteiger partial charge in [-0.3, -0.25) is 0 Å². The van der Waals surface area contributed by atoms with E-state index in [1.807, 2.05) is 18.3 Å².